The van der Waals surface area contributed by atoms with Crippen LogP contribution in [-0.4, -0.2) is 12.5 Å². The zero-order valence-electron chi connectivity index (χ0n) is 9.26. The second-order valence-corrected chi connectivity index (χ2v) is 3.39. The van der Waals surface area contributed by atoms with Crippen LogP contribution in [0.15, 0.2) is 0 Å². The van der Waals surface area contributed by atoms with Gasteiger partial charge in [0.15, 0.2) is 0 Å². The Morgan fingerprint density at radius 3 is 1.79 bits per heavy atom. The number of unbranched alkanes of at least 4 members (excludes halogenated alkanes) is 6. The number of carboxylic acids is 1. The normalized spacial score (nSPS) is 9.50. The number of rotatable bonds is 9. The molecule has 0 aromatic heterocycles. The minimum atomic E-state index is -0.928. The molecule has 0 radical (unpaired) electrons. The quantitative estimate of drug-likeness (QED) is 0.358. The third kappa shape index (κ3) is 15.5. The van der Waals surface area contributed by atoms with Crippen molar-refractivity contribution in [1.82, 2.24) is 0 Å². The summed E-state index contributed by atoms with van der Waals surface area (Å²) in [7, 11) is 0. The van der Waals surface area contributed by atoms with Gasteiger partial charge in [-0.3, -0.25) is 0 Å². The van der Waals surface area contributed by atoms with Crippen LogP contribution < -0.4 is 62.2 Å². The van der Waals surface area contributed by atoms with E-state index in [4.69, 9.17) is 5.73 Å². The van der Waals surface area contributed by atoms with Crippen molar-refractivity contribution < 1.29 is 61.3 Å². The SMILES string of the molecule is NCCCCCCCCCC(=O)[O-].[K+]. The molecule has 0 amide bonds. The Hall–Kier alpha value is 1.07. The first-order valence-electron chi connectivity index (χ1n) is 5.17. The number of aliphatic carboxylic acids is 1. The van der Waals surface area contributed by atoms with E-state index in [1.165, 1.54) is 19.3 Å². The largest absolute Gasteiger partial charge is 1.00 e. The van der Waals surface area contributed by atoms with Crippen molar-refractivity contribution in [2.24, 2.45) is 5.73 Å². The number of nitrogens with two attached hydrogens (primary N) is 1. The summed E-state index contributed by atoms with van der Waals surface area (Å²) in [4.78, 5) is 10.0. The first-order valence-corrected chi connectivity index (χ1v) is 5.17. The van der Waals surface area contributed by atoms with Gasteiger partial charge in [0.25, 0.3) is 0 Å². The van der Waals surface area contributed by atoms with Crippen LogP contribution in [0.25, 0.3) is 0 Å². The molecule has 0 rings (SSSR count). The van der Waals surface area contributed by atoms with E-state index in [1.807, 2.05) is 0 Å². The van der Waals surface area contributed by atoms with Crippen molar-refractivity contribution in [1.29, 1.82) is 0 Å². The van der Waals surface area contributed by atoms with E-state index in [9.17, 15) is 9.90 Å². The van der Waals surface area contributed by atoms with E-state index in [1.54, 1.807) is 0 Å². The third-order valence-electron chi connectivity index (χ3n) is 2.09. The fourth-order valence-corrected chi connectivity index (χ4v) is 1.30. The van der Waals surface area contributed by atoms with Crippen molar-refractivity contribution in [3.8, 4) is 0 Å². The van der Waals surface area contributed by atoms with E-state index in [0.29, 0.717) is 0 Å². The van der Waals surface area contributed by atoms with Crippen LogP contribution in [0.2, 0.25) is 0 Å². The zero-order chi connectivity index (χ0) is 9.94. The van der Waals surface area contributed by atoms with E-state index in [2.05, 4.69) is 0 Å². The molecule has 0 heterocycles. The van der Waals surface area contributed by atoms with Crippen LogP contribution in [0.5, 0.6) is 0 Å². The molecule has 0 saturated heterocycles. The molecule has 0 aromatic carbocycles. The average molecular weight is 225 g/mol. The summed E-state index contributed by atoms with van der Waals surface area (Å²) >= 11 is 0. The molecule has 0 aromatic rings. The van der Waals surface area contributed by atoms with Crippen molar-refractivity contribution in [2.75, 3.05) is 6.54 Å². The molecular formula is C10H20KNO2. The summed E-state index contributed by atoms with van der Waals surface area (Å²) in [6.45, 7) is 0.782. The summed E-state index contributed by atoms with van der Waals surface area (Å²) in [6.07, 6.45) is 7.86. The maximum Gasteiger partial charge on any atom is 1.00 e. The standard InChI is InChI=1S/C10H21NO2.K/c11-9-7-5-3-1-2-4-6-8-10(12)13;/h1-9,11H2,(H,12,13);/q;+1/p-1. The number of carboxylic acid groups (broad SMARTS) is 1. The Morgan fingerprint density at radius 2 is 1.36 bits per heavy atom. The topological polar surface area (TPSA) is 66.2 Å². The third-order valence-corrected chi connectivity index (χ3v) is 2.09. The molecule has 0 aliphatic carbocycles. The van der Waals surface area contributed by atoms with Gasteiger partial charge < -0.3 is 15.6 Å². The second kappa shape index (κ2) is 14.1. The van der Waals surface area contributed by atoms with Gasteiger partial charge in [-0.1, -0.05) is 32.1 Å². The fourth-order valence-electron chi connectivity index (χ4n) is 1.30. The number of carbonyl (C=O) groups excluding carboxylic acids is 1. The summed E-state index contributed by atoms with van der Waals surface area (Å²) in [5, 5.41) is 10.0. The molecule has 0 bridgehead atoms. The summed E-state index contributed by atoms with van der Waals surface area (Å²) in [5.41, 5.74) is 5.35. The van der Waals surface area contributed by atoms with Crippen LogP contribution in [-0.2, 0) is 4.79 Å². The molecule has 0 aliphatic rings. The Morgan fingerprint density at radius 1 is 0.929 bits per heavy atom. The van der Waals surface area contributed by atoms with E-state index in [0.717, 1.165) is 32.2 Å². The Bertz CT molecular complexity index is 131. The van der Waals surface area contributed by atoms with Crippen molar-refractivity contribution in [3.05, 3.63) is 0 Å². The molecule has 3 nitrogen and oxygen atoms in total. The summed E-state index contributed by atoms with van der Waals surface area (Å²) < 4.78 is 0. The molecule has 0 unspecified atom stereocenters. The first kappa shape index (κ1) is 17.5. The van der Waals surface area contributed by atoms with Gasteiger partial charge in [-0.2, -0.15) is 0 Å². The summed E-state index contributed by atoms with van der Waals surface area (Å²) in [6, 6.07) is 0. The molecular weight excluding hydrogens is 205 g/mol. The predicted molar refractivity (Wildman–Crippen MR) is 51.0 cm³/mol. The van der Waals surface area contributed by atoms with Crippen LogP contribution in [0, 0.1) is 0 Å². The molecule has 0 aliphatic heterocycles. The number of hydrogen-bond acceptors (Lipinski definition) is 3. The molecule has 0 atom stereocenters. The smallest absolute Gasteiger partial charge is 0.550 e. The Kier molecular flexibility index (Phi) is 17.5. The van der Waals surface area contributed by atoms with Gasteiger partial charge in [0.05, 0.1) is 0 Å². The van der Waals surface area contributed by atoms with Crippen molar-refractivity contribution in [3.63, 3.8) is 0 Å². The number of hydrogen-bond donors (Lipinski definition) is 1. The predicted octanol–water partition coefficient (Wildman–Crippen LogP) is -2.18. The van der Waals surface area contributed by atoms with Gasteiger partial charge in [0.2, 0.25) is 0 Å². The fraction of sp³-hybridized carbons (Fsp3) is 0.900. The molecule has 2 N–H and O–H groups in total. The maximum absolute atomic E-state index is 10.0. The van der Waals surface area contributed by atoms with Crippen LogP contribution in [0.4, 0.5) is 0 Å². The molecule has 0 spiro atoms. The van der Waals surface area contributed by atoms with Gasteiger partial charge >= 0.3 is 51.4 Å². The molecule has 78 valence electrons. The number of carbonyl (C=O) groups is 1. The molecule has 14 heavy (non-hydrogen) atoms. The van der Waals surface area contributed by atoms with Crippen LogP contribution in [0.3, 0.4) is 0 Å². The maximum atomic E-state index is 10.0. The average Bonchev–Trinajstić information content (AvgIpc) is 2.09. The summed E-state index contributed by atoms with van der Waals surface area (Å²) in [5.74, 6) is -0.928. The van der Waals surface area contributed by atoms with Gasteiger partial charge in [-0.25, -0.2) is 0 Å². The Balaban J connectivity index is 0. The first-order chi connectivity index (χ1) is 6.27. The minimum absolute atomic E-state index is 0. The van der Waals surface area contributed by atoms with Crippen molar-refractivity contribution >= 4 is 5.97 Å². The van der Waals surface area contributed by atoms with E-state index < -0.39 is 5.97 Å². The van der Waals surface area contributed by atoms with Gasteiger partial charge in [0.1, 0.15) is 0 Å². The second-order valence-electron chi connectivity index (χ2n) is 3.39. The van der Waals surface area contributed by atoms with Crippen LogP contribution >= 0.6 is 0 Å². The van der Waals surface area contributed by atoms with Gasteiger partial charge in [-0.05, 0) is 25.8 Å². The van der Waals surface area contributed by atoms with E-state index in [-0.39, 0.29) is 57.8 Å². The minimum Gasteiger partial charge on any atom is -0.550 e. The van der Waals surface area contributed by atoms with Crippen molar-refractivity contribution in [2.45, 2.75) is 51.4 Å². The van der Waals surface area contributed by atoms with E-state index >= 15 is 0 Å². The molecule has 4 heteroatoms. The van der Waals surface area contributed by atoms with Gasteiger partial charge in [0, 0.05) is 5.97 Å². The van der Waals surface area contributed by atoms with Crippen LogP contribution in [0.1, 0.15) is 51.4 Å². The van der Waals surface area contributed by atoms with Gasteiger partial charge in [-0.15, -0.1) is 0 Å². The Labute approximate surface area is 129 Å². The zero-order valence-corrected chi connectivity index (χ0v) is 12.4. The molecule has 0 fully saturated rings. The molecule has 0 saturated carbocycles. The monoisotopic (exact) mass is 225 g/mol.